The zero-order valence-corrected chi connectivity index (χ0v) is 14.1. The second-order valence-corrected chi connectivity index (χ2v) is 6.40. The third kappa shape index (κ3) is 3.54. The molecular formula is C16H24BrNO2. The van der Waals surface area contributed by atoms with Gasteiger partial charge in [0.05, 0.1) is 17.2 Å². The Morgan fingerprint density at radius 3 is 2.85 bits per heavy atom. The van der Waals surface area contributed by atoms with Gasteiger partial charge in [0.25, 0.3) is 0 Å². The van der Waals surface area contributed by atoms with Crippen LogP contribution < -0.4 is 10.1 Å². The molecule has 0 bridgehead atoms. The Morgan fingerprint density at radius 2 is 2.30 bits per heavy atom. The summed E-state index contributed by atoms with van der Waals surface area (Å²) in [6, 6.07) is 6.63. The van der Waals surface area contributed by atoms with E-state index in [0.29, 0.717) is 6.04 Å². The smallest absolute Gasteiger partial charge is 0.133 e. The van der Waals surface area contributed by atoms with Gasteiger partial charge < -0.3 is 14.8 Å². The molecule has 4 heteroatoms. The SMILES string of the molecule is CCNC(Cc1ccc(OC)c(Br)c1)C1(C)CCCO1. The van der Waals surface area contributed by atoms with Gasteiger partial charge in [-0.25, -0.2) is 0 Å². The van der Waals surface area contributed by atoms with Crippen molar-refractivity contribution >= 4 is 15.9 Å². The molecule has 1 aliphatic heterocycles. The summed E-state index contributed by atoms with van der Waals surface area (Å²) in [5, 5.41) is 3.59. The highest BCUT2D eigenvalue weighted by atomic mass is 79.9. The molecule has 0 spiro atoms. The molecule has 0 radical (unpaired) electrons. The van der Waals surface area contributed by atoms with Crippen LogP contribution in [0.4, 0.5) is 0 Å². The molecule has 1 fully saturated rings. The zero-order valence-electron chi connectivity index (χ0n) is 12.5. The van der Waals surface area contributed by atoms with Crippen LogP contribution in [0.15, 0.2) is 22.7 Å². The van der Waals surface area contributed by atoms with Crippen molar-refractivity contribution in [2.75, 3.05) is 20.3 Å². The first-order chi connectivity index (χ1) is 9.59. The highest BCUT2D eigenvalue weighted by Crippen LogP contribution is 2.32. The number of ether oxygens (including phenoxy) is 2. The summed E-state index contributed by atoms with van der Waals surface area (Å²) < 4.78 is 12.3. The average Bonchev–Trinajstić information content (AvgIpc) is 2.87. The number of hydrogen-bond acceptors (Lipinski definition) is 3. The number of hydrogen-bond donors (Lipinski definition) is 1. The molecule has 0 aliphatic carbocycles. The fourth-order valence-corrected chi connectivity index (χ4v) is 3.49. The zero-order chi connectivity index (χ0) is 14.6. The van der Waals surface area contributed by atoms with E-state index in [1.54, 1.807) is 7.11 Å². The Hall–Kier alpha value is -0.580. The Balaban J connectivity index is 2.13. The van der Waals surface area contributed by atoms with Crippen molar-refractivity contribution in [2.24, 2.45) is 0 Å². The number of rotatable bonds is 6. The van der Waals surface area contributed by atoms with Crippen LogP contribution in [0.5, 0.6) is 5.75 Å². The summed E-state index contributed by atoms with van der Waals surface area (Å²) in [7, 11) is 1.69. The average molecular weight is 342 g/mol. The fraction of sp³-hybridized carbons (Fsp3) is 0.625. The minimum absolute atomic E-state index is 0.0532. The van der Waals surface area contributed by atoms with Crippen molar-refractivity contribution in [1.29, 1.82) is 0 Å². The predicted molar refractivity (Wildman–Crippen MR) is 85.5 cm³/mol. The third-order valence-electron chi connectivity index (χ3n) is 4.09. The number of methoxy groups -OCH3 is 1. The predicted octanol–water partition coefficient (Wildman–Crippen LogP) is 3.55. The number of halogens is 1. The van der Waals surface area contributed by atoms with Crippen LogP contribution in [0.3, 0.4) is 0 Å². The van der Waals surface area contributed by atoms with Gasteiger partial charge >= 0.3 is 0 Å². The molecule has 1 saturated heterocycles. The van der Waals surface area contributed by atoms with Gasteiger partial charge in [-0.05, 0) is 66.4 Å². The normalized spacial score (nSPS) is 23.8. The summed E-state index contributed by atoms with van der Waals surface area (Å²) in [5.74, 6) is 0.872. The van der Waals surface area contributed by atoms with Gasteiger partial charge in [0.1, 0.15) is 5.75 Å². The lowest BCUT2D eigenvalue weighted by molar-refractivity contribution is -0.0110. The Bertz CT molecular complexity index is 444. The largest absolute Gasteiger partial charge is 0.496 e. The molecule has 1 N–H and O–H groups in total. The first-order valence-corrected chi connectivity index (χ1v) is 8.08. The highest BCUT2D eigenvalue weighted by molar-refractivity contribution is 9.10. The van der Waals surface area contributed by atoms with Gasteiger partial charge in [-0.2, -0.15) is 0 Å². The van der Waals surface area contributed by atoms with E-state index >= 15 is 0 Å². The molecule has 20 heavy (non-hydrogen) atoms. The van der Waals surface area contributed by atoms with Crippen LogP contribution in [0.2, 0.25) is 0 Å². The first kappa shape index (κ1) is 15.8. The Kier molecular flexibility index (Phi) is 5.47. The van der Waals surface area contributed by atoms with Crippen molar-refractivity contribution in [1.82, 2.24) is 5.32 Å². The van der Waals surface area contributed by atoms with Crippen LogP contribution in [-0.4, -0.2) is 31.9 Å². The second kappa shape index (κ2) is 6.92. The Labute approximate surface area is 130 Å². The molecule has 0 saturated carbocycles. The molecule has 2 rings (SSSR count). The molecule has 3 nitrogen and oxygen atoms in total. The molecule has 1 aliphatic rings. The van der Waals surface area contributed by atoms with E-state index in [1.807, 2.05) is 6.07 Å². The van der Waals surface area contributed by atoms with Gasteiger partial charge in [-0.1, -0.05) is 13.0 Å². The third-order valence-corrected chi connectivity index (χ3v) is 4.71. The molecule has 2 unspecified atom stereocenters. The molecule has 1 heterocycles. The van der Waals surface area contributed by atoms with Gasteiger partial charge in [0, 0.05) is 12.6 Å². The van der Waals surface area contributed by atoms with Crippen LogP contribution in [0.1, 0.15) is 32.3 Å². The van der Waals surface area contributed by atoms with E-state index in [-0.39, 0.29) is 5.60 Å². The van der Waals surface area contributed by atoms with Crippen molar-refractivity contribution in [2.45, 2.75) is 44.8 Å². The van der Waals surface area contributed by atoms with E-state index in [2.05, 4.69) is 47.2 Å². The van der Waals surface area contributed by atoms with E-state index in [0.717, 1.165) is 42.6 Å². The number of likely N-dealkylation sites (N-methyl/N-ethyl adjacent to an activating group) is 1. The van der Waals surface area contributed by atoms with E-state index in [1.165, 1.54) is 5.56 Å². The second-order valence-electron chi connectivity index (χ2n) is 5.55. The molecule has 0 amide bonds. The van der Waals surface area contributed by atoms with E-state index in [9.17, 15) is 0 Å². The maximum absolute atomic E-state index is 6.00. The van der Waals surface area contributed by atoms with E-state index in [4.69, 9.17) is 9.47 Å². The fourth-order valence-electron chi connectivity index (χ4n) is 2.90. The molecule has 2 atom stereocenters. The van der Waals surface area contributed by atoms with Crippen LogP contribution in [-0.2, 0) is 11.2 Å². The molecule has 112 valence electrons. The lowest BCUT2D eigenvalue weighted by atomic mass is 9.88. The molecule has 1 aromatic carbocycles. The minimum Gasteiger partial charge on any atom is -0.496 e. The molecular weight excluding hydrogens is 318 g/mol. The monoisotopic (exact) mass is 341 g/mol. The van der Waals surface area contributed by atoms with Crippen LogP contribution in [0.25, 0.3) is 0 Å². The molecule has 1 aromatic rings. The lowest BCUT2D eigenvalue weighted by Crippen LogP contribution is -2.49. The summed E-state index contributed by atoms with van der Waals surface area (Å²) >= 11 is 3.56. The first-order valence-electron chi connectivity index (χ1n) is 7.29. The lowest BCUT2D eigenvalue weighted by Gasteiger charge is -2.34. The van der Waals surface area contributed by atoms with Crippen LogP contribution >= 0.6 is 15.9 Å². The quantitative estimate of drug-likeness (QED) is 0.858. The van der Waals surface area contributed by atoms with Crippen LogP contribution in [0, 0.1) is 0 Å². The highest BCUT2D eigenvalue weighted by Gasteiger charge is 2.37. The van der Waals surface area contributed by atoms with Crippen molar-refractivity contribution in [3.05, 3.63) is 28.2 Å². The number of nitrogens with one attached hydrogen (secondary N) is 1. The standard InChI is InChI=1S/C16H24BrNO2/c1-4-18-15(16(2)8-5-9-20-16)11-12-6-7-14(19-3)13(17)10-12/h6-7,10,15,18H,4-5,8-9,11H2,1-3H3. The maximum atomic E-state index is 6.00. The summed E-state index contributed by atoms with van der Waals surface area (Å²) in [6.45, 7) is 6.22. The van der Waals surface area contributed by atoms with Gasteiger partial charge in [-0.15, -0.1) is 0 Å². The van der Waals surface area contributed by atoms with Crippen molar-refractivity contribution in [3.8, 4) is 5.75 Å². The summed E-state index contributed by atoms with van der Waals surface area (Å²) in [4.78, 5) is 0. The Morgan fingerprint density at radius 1 is 1.50 bits per heavy atom. The summed E-state index contributed by atoms with van der Waals surface area (Å²) in [6.07, 6.45) is 3.25. The summed E-state index contributed by atoms with van der Waals surface area (Å²) in [5.41, 5.74) is 1.24. The van der Waals surface area contributed by atoms with E-state index < -0.39 is 0 Å². The van der Waals surface area contributed by atoms with Gasteiger partial charge in [0.15, 0.2) is 0 Å². The minimum atomic E-state index is -0.0532. The molecule has 0 aromatic heterocycles. The van der Waals surface area contributed by atoms with Crippen molar-refractivity contribution in [3.63, 3.8) is 0 Å². The topological polar surface area (TPSA) is 30.5 Å². The van der Waals surface area contributed by atoms with Gasteiger partial charge in [-0.3, -0.25) is 0 Å². The van der Waals surface area contributed by atoms with Gasteiger partial charge in [0.2, 0.25) is 0 Å². The maximum Gasteiger partial charge on any atom is 0.133 e. The van der Waals surface area contributed by atoms with Crippen molar-refractivity contribution < 1.29 is 9.47 Å². The number of benzene rings is 1.